The molecule has 3 rings (SSSR count). The first-order valence-corrected chi connectivity index (χ1v) is 8.97. The summed E-state index contributed by atoms with van der Waals surface area (Å²) in [5.41, 5.74) is 2.42. The number of benzene rings is 1. The summed E-state index contributed by atoms with van der Waals surface area (Å²) in [6.45, 7) is 7.09. The molecule has 0 unspecified atom stereocenters. The molecular weight excluding hydrogens is 302 g/mol. The van der Waals surface area contributed by atoms with E-state index in [1.807, 2.05) is 4.90 Å². The highest BCUT2D eigenvalue weighted by Gasteiger charge is 2.41. The minimum atomic E-state index is -0.174. The highest BCUT2D eigenvalue weighted by atomic mass is 16.2. The molecule has 0 radical (unpaired) electrons. The molecule has 130 valence electrons. The number of rotatable bonds is 7. The lowest BCUT2D eigenvalue weighted by atomic mass is 10.1. The summed E-state index contributed by atoms with van der Waals surface area (Å²) in [5.74, 6) is -0.00784. The number of likely N-dealkylation sites (tertiary alicyclic amines) is 1. The van der Waals surface area contributed by atoms with E-state index in [0.717, 1.165) is 25.9 Å². The van der Waals surface area contributed by atoms with Gasteiger partial charge in [-0.25, -0.2) is 0 Å². The molecule has 1 aromatic rings. The molecule has 0 bridgehead atoms. The van der Waals surface area contributed by atoms with Gasteiger partial charge in [0.1, 0.15) is 0 Å². The van der Waals surface area contributed by atoms with Gasteiger partial charge in [0, 0.05) is 44.3 Å². The van der Waals surface area contributed by atoms with Crippen molar-refractivity contribution in [1.29, 1.82) is 0 Å². The average molecular weight is 329 g/mol. The second kappa shape index (κ2) is 7.24. The van der Waals surface area contributed by atoms with Crippen LogP contribution < -0.4 is 10.2 Å². The van der Waals surface area contributed by atoms with E-state index in [0.29, 0.717) is 25.6 Å². The van der Waals surface area contributed by atoms with Gasteiger partial charge in [0.15, 0.2) is 0 Å². The number of nitrogens with one attached hydrogen (secondary N) is 1. The summed E-state index contributed by atoms with van der Waals surface area (Å²) in [7, 11) is 0. The van der Waals surface area contributed by atoms with Crippen molar-refractivity contribution in [3.63, 3.8) is 0 Å². The summed E-state index contributed by atoms with van der Waals surface area (Å²) < 4.78 is 0. The minimum Gasteiger partial charge on any atom is -0.370 e. The predicted molar refractivity (Wildman–Crippen MR) is 94.9 cm³/mol. The normalized spacial score (nSPS) is 20.3. The Morgan fingerprint density at radius 2 is 2.17 bits per heavy atom. The van der Waals surface area contributed by atoms with Crippen LogP contribution >= 0.6 is 0 Å². The summed E-state index contributed by atoms with van der Waals surface area (Å²) in [6, 6.07) is 8.81. The van der Waals surface area contributed by atoms with Gasteiger partial charge >= 0.3 is 0 Å². The van der Waals surface area contributed by atoms with E-state index in [2.05, 4.69) is 48.3 Å². The Morgan fingerprint density at radius 1 is 1.38 bits per heavy atom. The van der Waals surface area contributed by atoms with Gasteiger partial charge in [-0.05, 0) is 44.4 Å². The summed E-state index contributed by atoms with van der Waals surface area (Å²) in [4.78, 5) is 28.4. The first-order valence-electron chi connectivity index (χ1n) is 8.97. The van der Waals surface area contributed by atoms with E-state index in [-0.39, 0.29) is 17.7 Å². The molecular formula is C19H27N3O2. The fourth-order valence-electron chi connectivity index (χ4n) is 3.40. The van der Waals surface area contributed by atoms with Crippen molar-refractivity contribution >= 4 is 17.5 Å². The standard InChI is InChI=1S/C19H27N3O2/c1-3-21(17-6-4-5-14(2)11-17)10-9-20-19(24)15-12-18(23)22(13-15)16-7-8-16/h4-6,11,15-16H,3,7-10,12-13H2,1-2H3,(H,20,24)/t15-/m1/s1. The Hall–Kier alpha value is -2.04. The molecule has 5 heteroatoms. The molecule has 1 heterocycles. The number of carbonyl (C=O) groups is 2. The third-order valence-electron chi connectivity index (χ3n) is 4.95. The molecule has 1 saturated carbocycles. The van der Waals surface area contributed by atoms with Crippen LogP contribution in [0, 0.1) is 12.8 Å². The Balaban J connectivity index is 1.46. The predicted octanol–water partition coefficient (Wildman–Crippen LogP) is 1.95. The fraction of sp³-hybridized carbons (Fsp3) is 0.579. The SMILES string of the molecule is CCN(CCNC(=O)[C@@H]1CC(=O)N(C2CC2)C1)c1cccc(C)c1. The van der Waals surface area contributed by atoms with Crippen LogP contribution in [0.15, 0.2) is 24.3 Å². The highest BCUT2D eigenvalue weighted by molar-refractivity contribution is 5.89. The van der Waals surface area contributed by atoms with Crippen molar-refractivity contribution in [2.45, 2.75) is 39.2 Å². The molecule has 2 fully saturated rings. The van der Waals surface area contributed by atoms with Crippen LogP contribution in [0.3, 0.4) is 0 Å². The summed E-state index contributed by atoms with van der Waals surface area (Å²) in [5, 5.41) is 3.01. The van der Waals surface area contributed by atoms with Crippen LogP contribution in [0.1, 0.15) is 31.7 Å². The van der Waals surface area contributed by atoms with Gasteiger partial charge in [-0.15, -0.1) is 0 Å². The van der Waals surface area contributed by atoms with Crippen molar-refractivity contribution in [2.24, 2.45) is 5.92 Å². The molecule has 0 aromatic heterocycles. The number of anilines is 1. The van der Waals surface area contributed by atoms with Crippen molar-refractivity contribution in [2.75, 3.05) is 31.1 Å². The van der Waals surface area contributed by atoms with Gasteiger partial charge in [-0.1, -0.05) is 12.1 Å². The largest absolute Gasteiger partial charge is 0.370 e. The Bertz CT molecular complexity index is 612. The molecule has 1 aliphatic heterocycles. The zero-order valence-corrected chi connectivity index (χ0v) is 14.6. The van der Waals surface area contributed by atoms with Crippen LogP contribution in [0.5, 0.6) is 0 Å². The lowest BCUT2D eigenvalue weighted by molar-refractivity contribution is -0.129. The smallest absolute Gasteiger partial charge is 0.225 e. The fourth-order valence-corrected chi connectivity index (χ4v) is 3.40. The average Bonchev–Trinajstić information content (AvgIpc) is 3.33. The monoisotopic (exact) mass is 329 g/mol. The number of carbonyl (C=O) groups excluding carboxylic acids is 2. The van der Waals surface area contributed by atoms with Crippen molar-refractivity contribution in [3.8, 4) is 0 Å². The van der Waals surface area contributed by atoms with Crippen LogP contribution in [-0.4, -0.2) is 48.9 Å². The molecule has 24 heavy (non-hydrogen) atoms. The maximum absolute atomic E-state index is 12.3. The molecule has 2 aliphatic rings. The van der Waals surface area contributed by atoms with Crippen molar-refractivity contribution < 1.29 is 9.59 Å². The zero-order valence-electron chi connectivity index (χ0n) is 14.6. The molecule has 1 saturated heterocycles. The lowest BCUT2D eigenvalue weighted by Crippen LogP contribution is -2.38. The van der Waals surface area contributed by atoms with Crippen LogP contribution in [0.2, 0.25) is 0 Å². The van der Waals surface area contributed by atoms with Gasteiger partial charge in [0.25, 0.3) is 0 Å². The van der Waals surface area contributed by atoms with Gasteiger partial charge in [0.2, 0.25) is 11.8 Å². The van der Waals surface area contributed by atoms with Gasteiger partial charge < -0.3 is 15.1 Å². The second-order valence-corrected chi connectivity index (χ2v) is 6.89. The minimum absolute atomic E-state index is 0.0202. The number of likely N-dealkylation sites (N-methyl/N-ethyl adjacent to an activating group) is 1. The first-order chi connectivity index (χ1) is 11.6. The Labute approximate surface area is 144 Å². The number of hydrogen-bond acceptors (Lipinski definition) is 3. The quantitative estimate of drug-likeness (QED) is 0.832. The van der Waals surface area contributed by atoms with Crippen LogP contribution in [-0.2, 0) is 9.59 Å². The van der Waals surface area contributed by atoms with Crippen LogP contribution in [0.25, 0.3) is 0 Å². The molecule has 1 atom stereocenters. The zero-order chi connectivity index (χ0) is 17.1. The maximum Gasteiger partial charge on any atom is 0.225 e. The molecule has 1 aromatic carbocycles. The number of nitrogens with zero attached hydrogens (tertiary/aromatic N) is 2. The topological polar surface area (TPSA) is 52.7 Å². The Morgan fingerprint density at radius 3 is 2.83 bits per heavy atom. The third-order valence-corrected chi connectivity index (χ3v) is 4.95. The molecule has 1 aliphatic carbocycles. The summed E-state index contributed by atoms with van der Waals surface area (Å²) in [6.07, 6.45) is 2.57. The van der Waals surface area contributed by atoms with E-state index >= 15 is 0 Å². The highest BCUT2D eigenvalue weighted by Crippen LogP contribution is 2.32. The van der Waals surface area contributed by atoms with Crippen molar-refractivity contribution in [1.82, 2.24) is 10.2 Å². The maximum atomic E-state index is 12.3. The van der Waals surface area contributed by atoms with Gasteiger partial charge in [-0.2, -0.15) is 0 Å². The number of amides is 2. The number of aryl methyl sites for hydroxylation is 1. The lowest BCUT2D eigenvalue weighted by Gasteiger charge is -2.24. The van der Waals surface area contributed by atoms with Gasteiger partial charge in [0.05, 0.1) is 5.92 Å². The molecule has 1 N–H and O–H groups in total. The first kappa shape index (κ1) is 16.8. The number of hydrogen-bond donors (Lipinski definition) is 1. The molecule has 5 nitrogen and oxygen atoms in total. The summed E-state index contributed by atoms with van der Waals surface area (Å²) >= 11 is 0. The van der Waals surface area contributed by atoms with E-state index < -0.39 is 0 Å². The second-order valence-electron chi connectivity index (χ2n) is 6.89. The molecule has 2 amide bonds. The Kier molecular flexibility index (Phi) is 5.07. The molecule has 0 spiro atoms. The van der Waals surface area contributed by atoms with E-state index in [1.165, 1.54) is 11.3 Å². The van der Waals surface area contributed by atoms with E-state index in [9.17, 15) is 9.59 Å². The third kappa shape index (κ3) is 3.89. The van der Waals surface area contributed by atoms with Gasteiger partial charge in [-0.3, -0.25) is 9.59 Å². The van der Waals surface area contributed by atoms with E-state index in [4.69, 9.17) is 0 Å². The van der Waals surface area contributed by atoms with E-state index in [1.54, 1.807) is 0 Å². The van der Waals surface area contributed by atoms with Crippen molar-refractivity contribution in [3.05, 3.63) is 29.8 Å². The van der Waals surface area contributed by atoms with Crippen LogP contribution in [0.4, 0.5) is 5.69 Å².